The lowest BCUT2D eigenvalue weighted by Crippen LogP contribution is -2.50. The first-order chi connectivity index (χ1) is 13.5. The number of amides is 2. The fourth-order valence-electron chi connectivity index (χ4n) is 2.91. The summed E-state index contributed by atoms with van der Waals surface area (Å²) in [4.78, 5) is 39.5. The Kier molecular flexibility index (Phi) is 8.68. The van der Waals surface area contributed by atoms with E-state index in [-0.39, 0.29) is 17.8 Å². The van der Waals surface area contributed by atoms with Gasteiger partial charge in [0.1, 0.15) is 0 Å². The number of methoxy groups -OCH3 is 1. The smallest absolute Gasteiger partial charge is 0.337 e. The van der Waals surface area contributed by atoms with Crippen molar-refractivity contribution in [3.05, 3.63) is 41.5 Å². The molecule has 0 saturated carbocycles. The number of nitrogens with one attached hydrogen (secondary N) is 1. The number of hydrogen-bond donors (Lipinski definition) is 1. The molecular weight excluding hydrogens is 358 g/mol. The van der Waals surface area contributed by atoms with Crippen LogP contribution in [0, 0.1) is 0 Å². The van der Waals surface area contributed by atoms with Crippen molar-refractivity contribution in [1.82, 2.24) is 15.1 Å². The van der Waals surface area contributed by atoms with Crippen LogP contribution >= 0.6 is 0 Å². The summed E-state index contributed by atoms with van der Waals surface area (Å²) >= 11 is 0. The van der Waals surface area contributed by atoms with Crippen LogP contribution in [0.15, 0.2) is 30.3 Å². The summed E-state index contributed by atoms with van der Waals surface area (Å²) in [5.74, 6) is -0.392. The van der Waals surface area contributed by atoms with Crippen molar-refractivity contribution in [2.75, 3.05) is 46.4 Å². The van der Waals surface area contributed by atoms with Crippen LogP contribution in [0.2, 0.25) is 0 Å². The first-order valence-corrected chi connectivity index (χ1v) is 9.68. The molecular formula is C21H29N3O4. The highest BCUT2D eigenvalue weighted by Gasteiger charge is 2.21. The van der Waals surface area contributed by atoms with Gasteiger partial charge in [0, 0.05) is 38.8 Å². The van der Waals surface area contributed by atoms with E-state index in [4.69, 9.17) is 0 Å². The standard InChI is InChI=1S/C21H29N3O4/c1-3-4-11-22-19(25)16-23-12-14-24(15-13-23)20(26)10-7-17-5-8-18(9-6-17)21(27)28-2/h5-10H,3-4,11-16H2,1-2H3,(H,22,25)/b10-7+. The summed E-state index contributed by atoms with van der Waals surface area (Å²) in [5, 5.41) is 2.92. The monoisotopic (exact) mass is 387 g/mol. The van der Waals surface area contributed by atoms with E-state index in [1.165, 1.54) is 7.11 Å². The zero-order chi connectivity index (χ0) is 20.4. The molecule has 28 heavy (non-hydrogen) atoms. The fraction of sp³-hybridized carbons (Fsp3) is 0.476. The van der Waals surface area contributed by atoms with Crippen molar-refractivity contribution < 1.29 is 19.1 Å². The molecule has 7 heteroatoms. The molecule has 1 aliphatic heterocycles. The second-order valence-corrected chi connectivity index (χ2v) is 6.75. The van der Waals surface area contributed by atoms with Gasteiger partial charge in [-0.15, -0.1) is 0 Å². The Hall–Kier alpha value is -2.67. The van der Waals surface area contributed by atoms with Crippen LogP contribution in [0.25, 0.3) is 6.08 Å². The predicted molar refractivity (Wildman–Crippen MR) is 108 cm³/mol. The summed E-state index contributed by atoms with van der Waals surface area (Å²) in [7, 11) is 1.34. The number of ether oxygens (including phenoxy) is 1. The van der Waals surface area contributed by atoms with Gasteiger partial charge in [-0.05, 0) is 30.2 Å². The molecule has 152 valence electrons. The molecule has 0 aromatic heterocycles. The predicted octanol–water partition coefficient (Wildman–Crippen LogP) is 1.55. The lowest BCUT2D eigenvalue weighted by Gasteiger charge is -2.33. The Morgan fingerprint density at radius 3 is 2.39 bits per heavy atom. The van der Waals surface area contributed by atoms with Gasteiger partial charge >= 0.3 is 5.97 Å². The largest absolute Gasteiger partial charge is 0.465 e. The molecule has 1 heterocycles. The average molecular weight is 387 g/mol. The number of benzene rings is 1. The van der Waals surface area contributed by atoms with Crippen LogP contribution in [0.3, 0.4) is 0 Å². The normalized spacial score (nSPS) is 14.9. The van der Waals surface area contributed by atoms with Crippen molar-refractivity contribution >= 4 is 23.9 Å². The summed E-state index contributed by atoms with van der Waals surface area (Å²) in [5.41, 5.74) is 1.31. The number of hydrogen-bond acceptors (Lipinski definition) is 5. The highest BCUT2D eigenvalue weighted by molar-refractivity contribution is 5.92. The van der Waals surface area contributed by atoms with Crippen LogP contribution in [0.4, 0.5) is 0 Å². The van der Waals surface area contributed by atoms with Gasteiger partial charge in [0.25, 0.3) is 0 Å². The van der Waals surface area contributed by atoms with Gasteiger partial charge in [-0.2, -0.15) is 0 Å². The van der Waals surface area contributed by atoms with Crippen LogP contribution in [-0.4, -0.2) is 74.0 Å². The van der Waals surface area contributed by atoms with Crippen molar-refractivity contribution in [3.63, 3.8) is 0 Å². The Bertz CT molecular complexity index is 692. The number of carbonyl (C=O) groups is 3. The molecule has 7 nitrogen and oxygen atoms in total. The van der Waals surface area contributed by atoms with Crippen LogP contribution in [-0.2, 0) is 14.3 Å². The molecule has 1 aromatic carbocycles. The van der Waals surface area contributed by atoms with Crippen molar-refractivity contribution in [2.45, 2.75) is 19.8 Å². The van der Waals surface area contributed by atoms with Gasteiger partial charge in [0.2, 0.25) is 11.8 Å². The Balaban J connectivity index is 1.76. The topological polar surface area (TPSA) is 79.0 Å². The van der Waals surface area contributed by atoms with E-state index < -0.39 is 0 Å². The molecule has 1 saturated heterocycles. The maximum absolute atomic E-state index is 12.4. The van der Waals surface area contributed by atoms with E-state index in [1.807, 2.05) is 0 Å². The SMILES string of the molecule is CCCCNC(=O)CN1CCN(C(=O)/C=C/c2ccc(C(=O)OC)cc2)CC1. The van der Waals surface area contributed by atoms with Crippen molar-refractivity contribution in [1.29, 1.82) is 0 Å². The molecule has 0 atom stereocenters. The third-order valence-electron chi connectivity index (χ3n) is 4.65. The number of piperazine rings is 1. The number of carbonyl (C=O) groups excluding carboxylic acids is 3. The van der Waals surface area contributed by atoms with E-state index >= 15 is 0 Å². The summed E-state index contributed by atoms with van der Waals surface area (Å²) in [6, 6.07) is 6.87. The van der Waals surface area contributed by atoms with E-state index in [1.54, 1.807) is 41.3 Å². The number of rotatable bonds is 8. The Morgan fingerprint density at radius 2 is 1.79 bits per heavy atom. The third kappa shape index (κ3) is 6.81. The second-order valence-electron chi connectivity index (χ2n) is 6.75. The zero-order valence-corrected chi connectivity index (χ0v) is 16.6. The van der Waals surface area contributed by atoms with Crippen molar-refractivity contribution in [2.24, 2.45) is 0 Å². The molecule has 0 bridgehead atoms. The quantitative estimate of drug-likeness (QED) is 0.416. The highest BCUT2D eigenvalue weighted by atomic mass is 16.5. The van der Waals surface area contributed by atoms with Crippen LogP contribution in [0.1, 0.15) is 35.7 Å². The average Bonchev–Trinajstić information content (AvgIpc) is 2.72. The first kappa shape index (κ1) is 21.6. The summed E-state index contributed by atoms with van der Waals surface area (Å²) in [6.45, 7) is 5.78. The van der Waals surface area contributed by atoms with E-state index in [2.05, 4.69) is 21.9 Å². The molecule has 2 rings (SSSR count). The highest BCUT2D eigenvalue weighted by Crippen LogP contribution is 2.09. The van der Waals surface area contributed by atoms with Gasteiger partial charge in [-0.3, -0.25) is 14.5 Å². The lowest BCUT2D eigenvalue weighted by atomic mass is 10.1. The van der Waals surface area contributed by atoms with Gasteiger partial charge in [-0.1, -0.05) is 25.5 Å². The molecule has 0 spiro atoms. The van der Waals surface area contributed by atoms with Crippen molar-refractivity contribution in [3.8, 4) is 0 Å². The van der Waals surface area contributed by atoms with E-state index in [9.17, 15) is 14.4 Å². The second kappa shape index (κ2) is 11.2. The van der Waals surface area contributed by atoms with Gasteiger partial charge in [0.15, 0.2) is 0 Å². The third-order valence-corrected chi connectivity index (χ3v) is 4.65. The number of unbranched alkanes of at least 4 members (excludes halogenated alkanes) is 1. The van der Waals surface area contributed by atoms with Crippen LogP contribution in [0.5, 0.6) is 0 Å². The van der Waals surface area contributed by atoms with Gasteiger partial charge in [0.05, 0.1) is 19.2 Å². The molecule has 1 fully saturated rings. The minimum Gasteiger partial charge on any atom is -0.465 e. The number of nitrogens with zero attached hydrogens (tertiary/aromatic N) is 2. The molecule has 1 N–H and O–H groups in total. The van der Waals surface area contributed by atoms with Crippen LogP contribution < -0.4 is 5.32 Å². The fourth-order valence-corrected chi connectivity index (χ4v) is 2.91. The Morgan fingerprint density at radius 1 is 1.11 bits per heavy atom. The van der Waals surface area contributed by atoms with E-state index in [0.717, 1.165) is 24.9 Å². The molecule has 2 amide bonds. The molecule has 0 radical (unpaired) electrons. The summed E-state index contributed by atoms with van der Waals surface area (Å²) < 4.78 is 4.66. The zero-order valence-electron chi connectivity index (χ0n) is 16.6. The molecule has 1 aliphatic rings. The summed E-state index contributed by atoms with van der Waals surface area (Å²) in [6.07, 6.45) is 5.33. The van der Waals surface area contributed by atoms with Gasteiger partial charge < -0.3 is 15.0 Å². The minimum atomic E-state index is -0.386. The van der Waals surface area contributed by atoms with Gasteiger partial charge in [-0.25, -0.2) is 4.79 Å². The molecule has 0 unspecified atom stereocenters. The van der Waals surface area contributed by atoms with E-state index in [0.29, 0.717) is 38.3 Å². The number of esters is 1. The first-order valence-electron chi connectivity index (χ1n) is 9.68. The molecule has 0 aliphatic carbocycles. The Labute approximate surface area is 166 Å². The maximum Gasteiger partial charge on any atom is 0.337 e. The minimum absolute atomic E-state index is 0.0449. The maximum atomic E-state index is 12.4. The molecule has 1 aromatic rings. The lowest BCUT2D eigenvalue weighted by molar-refractivity contribution is -0.128.